The van der Waals surface area contributed by atoms with Crippen molar-refractivity contribution in [3.8, 4) is 11.3 Å². The summed E-state index contributed by atoms with van der Waals surface area (Å²) in [5.41, 5.74) is 2.71. The van der Waals surface area contributed by atoms with Crippen LogP contribution in [0.15, 0.2) is 66.9 Å². The largest absolute Gasteiger partial charge is 0.338 e. The van der Waals surface area contributed by atoms with Crippen molar-refractivity contribution < 1.29 is 9.59 Å². The molecular formula is C24H23N3O2. The van der Waals surface area contributed by atoms with Crippen LogP contribution in [-0.2, 0) is 0 Å². The summed E-state index contributed by atoms with van der Waals surface area (Å²) >= 11 is 0. The molecule has 1 fully saturated rings. The summed E-state index contributed by atoms with van der Waals surface area (Å²) in [6, 6.07) is 19.0. The lowest BCUT2D eigenvalue weighted by atomic mass is 9.89. The monoisotopic (exact) mass is 385 g/mol. The highest BCUT2D eigenvalue weighted by atomic mass is 16.2. The summed E-state index contributed by atoms with van der Waals surface area (Å²) in [7, 11) is 0. The van der Waals surface area contributed by atoms with Crippen molar-refractivity contribution >= 4 is 11.7 Å². The lowest BCUT2D eigenvalue weighted by molar-refractivity contribution is 0.0637. The molecule has 5 nitrogen and oxygen atoms in total. The molecule has 1 aliphatic heterocycles. The van der Waals surface area contributed by atoms with E-state index in [-0.39, 0.29) is 17.6 Å². The minimum absolute atomic E-state index is 0.103. The highest BCUT2D eigenvalue weighted by Crippen LogP contribution is 2.26. The van der Waals surface area contributed by atoms with Gasteiger partial charge in [-0.1, -0.05) is 60.7 Å². The second kappa shape index (κ2) is 8.35. The van der Waals surface area contributed by atoms with Crippen molar-refractivity contribution in [1.82, 2.24) is 14.9 Å². The van der Waals surface area contributed by atoms with Gasteiger partial charge >= 0.3 is 0 Å². The van der Waals surface area contributed by atoms with Crippen LogP contribution in [0.2, 0.25) is 0 Å². The molecule has 1 unspecified atom stereocenters. The number of ketones is 1. The van der Waals surface area contributed by atoms with E-state index in [0.29, 0.717) is 35.7 Å². The number of aromatic nitrogens is 2. The van der Waals surface area contributed by atoms with E-state index in [1.165, 1.54) is 0 Å². The lowest BCUT2D eigenvalue weighted by Crippen LogP contribution is -2.42. The van der Waals surface area contributed by atoms with Crippen LogP contribution in [0.1, 0.15) is 39.4 Å². The van der Waals surface area contributed by atoms with Gasteiger partial charge in [0.2, 0.25) is 0 Å². The summed E-state index contributed by atoms with van der Waals surface area (Å²) in [6.07, 6.45) is 3.21. The Morgan fingerprint density at radius 2 is 1.69 bits per heavy atom. The Bertz CT molecular complexity index is 1020. The molecule has 1 aliphatic rings. The minimum Gasteiger partial charge on any atom is -0.338 e. The maximum atomic E-state index is 13.3. The second-order valence-corrected chi connectivity index (χ2v) is 7.37. The molecule has 2 heterocycles. The van der Waals surface area contributed by atoms with E-state index in [2.05, 4.69) is 9.97 Å². The zero-order valence-electron chi connectivity index (χ0n) is 16.4. The molecule has 1 atom stereocenters. The van der Waals surface area contributed by atoms with Gasteiger partial charge in [-0.25, -0.2) is 9.97 Å². The van der Waals surface area contributed by atoms with Crippen molar-refractivity contribution in [2.24, 2.45) is 5.92 Å². The van der Waals surface area contributed by atoms with E-state index in [1.807, 2.05) is 67.6 Å². The van der Waals surface area contributed by atoms with E-state index in [4.69, 9.17) is 0 Å². The predicted molar refractivity (Wildman–Crippen MR) is 112 cm³/mol. The van der Waals surface area contributed by atoms with Crippen molar-refractivity contribution in [3.05, 3.63) is 83.8 Å². The fourth-order valence-corrected chi connectivity index (χ4v) is 3.83. The first-order chi connectivity index (χ1) is 14.1. The van der Waals surface area contributed by atoms with E-state index in [1.54, 1.807) is 11.1 Å². The Morgan fingerprint density at radius 1 is 1.00 bits per heavy atom. The van der Waals surface area contributed by atoms with Gasteiger partial charge in [0.1, 0.15) is 5.82 Å². The van der Waals surface area contributed by atoms with Gasteiger partial charge in [-0.3, -0.25) is 9.59 Å². The molecule has 146 valence electrons. The molecule has 1 amide bonds. The maximum absolute atomic E-state index is 13.3. The highest BCUT2D eigenvalue weighted by molar-refractivity contribution is 6.01. The molecule has 4 rings (SSSR count). The molecule has 1 aromatic heterocycles. The molecule has 0 radical (unpaired) electrons. The number of likely N-dealkylation sites (tertiary alicyclic amines) is 1. The number of hydrogen-bond acceptors (Lipinski definition) is 4. The van der Waals surface area contributed by atoms with E-state index < -0.39 is 0 Å². The number of benzene rings is 2. The fourth-order valence-electron chi connectivity index (χ4n) is 3.83. The van der Waals surface area contributed by atoms with Crippen molar-refractivity contribution in [2.75, 3.05) is 13.1 Å². The number of Topliss-reactive ketones (excluding diaryl/α,β-unsaturated/α-hetero) is 1. The average molecular weight is 385 g/mol. The third kappa shape index (κ3) is 4.09. The first-order valence-electron chi connectivity index (χ1n) is 9.91. The standard InChI is InChI=1S/C24H23N3O2/c1-17-25-15-21(22(26-17)18-9-4-2-5-10-18)24(29)27-14-8-13-20(16-27)23(28)19-11-6-3-7-12-19/h2-7,9-12,15,20H,8,13-14,16H2,1H3. The highest BCUT2D eigenvalue weighted by Gasteiger charge is 2.30. The molecule has 0 N–H and O–H groups in total. The van der Waals surface area contributed by atoms with Crippen LogP contribution in [0.3, 0.4) is 0 Å². The summed E-state index contributed by atoms with van der Waals surface area (Å²) in [6.45, 7) is 2.88. The Morgan fingerprint density at radius 3 is 2.41 bits per heavy atom. The van der Waals surface area contributed by atoms with E-state index in [9.17, 15) is 9.59 Å². The molecule has 3 aromatic rings. The summed E-state index contributed by atoms with van der Waals surface area (Å²) in [4.78, 5) is 36.8. The maximum Gasteiger partial charge on any atom is 0.257 e. The number of carbonyl (C=O) groups excluding carboxylic acids is 2. The summed E-state index contributed by atoms with van der Waals surface area (Å²) in [5, 5.41) is 0. The molecular weight excluding hydrogens is 362 g/mol. The molecule has 0 bridgehead atoms. The number of rotatable bonds is 4. The lowest BCUT2D eigenvalue weighted by Gasteiger charge is -2.32. The van der Waals surface area contributed by atoms with Gasteiger partial charge in [0.05, 0.1) is 11.3 Å². The Kier molecular flexibility index (Phi) is 5.47. The van der Waals surface area contributed by atoms with Crippen molar-refractivity contribution in [1.29, 1.82) is 0 Å². The molecule has 5 heteroatoms. The number of nitrogens with zero attached hydrogens (tertiary/aromatic N) is 3. The molecule has 1 saturated heterocycles. The second-order valence-electron chi connectivity index (χ2n) is 7.37. The third-order valence-corrected chi connectivity index (χ3v) is 5.32. The van der Waals surface area contributed by atoms with Crippen LogP contribution in [0.5, 0.6) is 0 Å². The number of piperidine rings is 1. The summed E-state index contributed by atoms with van der Waals surface area (Å²) in [5.74, 6) is 0.429. The van der Waals surface area contributed by atoms with Crippen molar-refractivity contribution in [2.45, 2.75) is 19.8 Å². The topological polar surface area (TPSA) is 63.2 Å². The van der Waals surface area contributed by atoms with Crippen LogP contribution in [0, 0.1) is 12.8 Å². The molecule has 0 spiro atoms. The Labute approximate surface area is 170 Å². The molecule has 29 heavy (non-hydrogen) atoms. The van der Waals surface area contributed by atoms with Crippen LogP contribution >= 0.6 is 0 Å². The number of amides is 1. The zero-order valence-corrected chi connectivity index (χ0v) is 16.4. The molecule has 0 saturated carbocycles. The fraction of sp³-hybridized carbons (Fsp3) is 0.250. The predicted octanol–water partition coefficient (Wildman–Crippen LogP) is 4.19. The van der Waals surface area contributed by atoms with Gasteiger partial charge in [-0.2, -0.15) is 0 Å². The first-order valence-corrected chi connectivity index (χ1v) is 9.91. The quantitative estimate of drug-likeness (QED) is 0.632. The summed E-state index contributed by atoms with van der Waals surface area (Å²) < 4.78 is 0. The smallest absolute Gasteiger partial charge is 0.257 e. The average Bonchev–Trinajstić information content (AvgIpc) is 2.79. The van der Waals surface area contributed by atoms with Crippen LogP contribution in [-0.4, -0.2) is 39.6 Å². The zero-order chi connectivity index (χ0) is 20.2. The van der Waals surface area contributed by atoms with E-state index >= 15 is 0 Å². The molecule has 0 aliphatic carbocycles. The number of aryl methyl sites for hydroxylation is 1. The van der Waals surface area contributed by atoms with Gasteiger partial charge in [0, 0.05) is 36.3 Å². The Balaban J connectivity index is 1.59. The van der Waals surface area contributed by atoms with Gasteiger partial charge in [0.25, 0.3) is 5.91 Å². The molecule has 2 aromatic carbocycles. The van der Waals surface area contributed by atoms with Gasteiger partial charge in [-0.05, 0) is 19.8 Å². The van der Waals surface area contributed by atoms with Crippen molar-refractivity contribution in [3.63, 3.8) is 0 Å². The Hall–Kier alpha value is -3.34. The van der Waals surface area contributed by atoms with Crippen LogP contribution in [0.25, 0.3) is 11.3 Å². The SMILES string of the molecule is Cc1ncc(C(=O)N2CCCC(C(=O)c3ccccc3)C2)c(-c2ccccc2)n1. The van der Waals surface area contributed by atoms with E-state index in [0.717, 1.165) is 18.4 Å². The van der Waals surface area contributed by atoms with Gasteiger partial charge < -0.3 is 4.90 Å². The van der Waals surface area contributed by atoms with Crippen LogP contribution in [0.4, 0.5) is 0 Å². The number of hydrogen-bond donors (Lipinski definition) is 0. The van der Waals surface area contributed by atoms with Crippen LogP contribution < -0.4 is 0 Å². The number of carbonyl (C=O) groups is 2. The minimum atomic E-state index is -0.179. The third-order valence-electron chi connectivity index (χ3n) is 5.32. The van der Waals surface area contributed by atoms with Gasteiger partial charge in [0.15, 0.2) is 5.78 Å². The normalized spacial score (nSPS) is 16.4. The van der Waals surface area contributed by atoms with Gasteiger partial charge in [-0.15, -0.1) is 0 Å². The first kappa shape index (κ1) is 19.0.